The fourth-order valence-electron chi connectivity index (χ4n) is 1.23. The molecule has 1 saturated heterocycles. The predicted molar refractivity (Wildman–Crippen MR) is 45.0 cm³/mol. The Balaban J connectivity index is 3.12. The van der Waals surface area contributed by atoms with Gasteiger partial charge >= 0.3 is 0 Å². The van der Waals surface area contributed by atoms with E-state index < -0.39 is 39.7 Å². The van der Waals surface area contributed by atoms with E-state index in [0.29, 0.717) is 0 Å². The maximum Gasteiger partial charge on any atom is 0.295 e. The van der Waals surface area contributed by atoms with Crippen LogP contribution >= 0.6 is 0 Å². The summed E-state index contributed by atoms with van der Waals surface area (Å²) in [5.41, 5.74) is -5.22. The molecule has 5 N–H and O–H groups in total. The molecule has 1 aliphatic heterocycles. The van der Waals surface area contributed by atoms with Gasteiger partial charge < -0.3 is 25.2 Å². The van der Waals surface area contributed by atoms with Crippen molar-refractivity contribution in [2.75, 3.05) is 0 Å². The molecule has 9 nitrogen and oxygen atoms in total. The first-order valence-electron chi connectivity index (χ1n) is 3.94. The normalized spacial score (nSPS) is 45.0. The molecule has 1 fully saturated rings. The maximum atomic E-state index is 10.7. The van der Waals surface area contributed by atoms with Crippen LogP contribution in [0.3, 0.4) is 0 Å². The van der Waals surface area contributed by atoms with Crippen molar-refractivity contribution >= 4 is 10.1 Å². The molecule has 0 aromatic rings. The van der Waals surface area contributed by atoms with Gasteiger partial charge in [-0.2, -0.15) is 13.7 Å². The third-order valence-corrected chi connectivity index (χ3v) is 3.14. The Morgan fingerprint density at radius 1 is 1.31 bits per heavy atom. The van der Waals surface area contributed by atoms with Crippen LogP contribution < -0.4 is 0 Å². The highest BCUT2D eigenvalue weighted by Gasteiger charge is 2.58. The highest BCUT2D eigenvalue weighted by Crippen LogP contribution is 2.30. The van der Waals surface area contributed by atoms with Gasteiger partial charge in [-0.15, -0.1) is 0 Å². The molecule has 0 aromatic carbocycles. The van der Waals surface area contributed by atoms with Crippen molar-refractivity contribution in [1.29, 1.82) is 5.26 Å². The van der Waals surface area contributed by atoms with Crippen LogP contribution in [-0.2, 0) is 14.9 Å². The molecule has 1 aliphatic rings. The standard InChI is InChI=1S/C6H9NO8S/c7-1-6(11)3(9)2(8)4(15-5(6)10)16(12,13)14/h2-5,8-11H,(H,12,13,14)/t2-,3-,4?,5+,6+/m0/s1. The van der Waals surface area contributed by atoms with E-state index in [1.807, 2.05) is 0 Å². The quantitative estimate of drug-likeness (QED) is 0.236. The first kappa shape index (κ1) is 13.3. The highest BCUT2D eigenvalue weighted by atomic mass is 32.2. The monoisotopic (exact) mass is 255 g/mol. The Labute approximate surface area is 89.9 Å². The second-order valence-electron chi connectivity index (χ2n) is 3.24. The molecule has 0 amide bonds. The molecule has 0 radical (unpaired) electrons. The average Bonchev–Trinajstić information content (AvgIpc) is 2.18. The van der Waals surface area contributed by atoms with Crippen LogP contribution in [0.5, 0.6) is 0 Å². The van der Waals surface area contributed by atoms with Crippen LogP contribution in [0.25, 0.3) is 0 Å². The molecule has 16 heavy (non-hydrogen) atoms. The summed E-state index contributed by atoms with van der Waals surface area (Å²) in [6.07, 6.45) is -6.97. The smallest absolute Gasteiger partial charge is 0.295 e. The van der Waals surface area contributed by atoms with Crippen molar-refractivity contribution in [2.24, 2.45) is 0 Å². The van der Waals surface area contributed by atoms with E-state index in [2.05, 4.69) is 4.74 Å². The largest absolute Gasteiger partial charge is 0.386 e. The molecule has 1 rings (SSSR count). The van der Waals surface area contributed by atoms with Gasteiger partial charge in [0.1, 0.15) is 18.3 Å². The topological polar surface area (TPSA) is 168 Å². The lowest BCUT2D eigenvalue weighted by molar-refractivity contribution is -0.291. The van der Waals surface area contributed by atoms with E-state index in [4.69, 9.17) is 14.9 Å². The molecule has 0 aliphatic carbocycles. The van der Waals surface area contributed by atoms with Crippen LogP contribution in [0.4, 0.5) is 0 Å². The minimum atomic E-state index is -4.91. The fraction of sp³-hybridized carbons (Fsp3) is 0.833. The number of aliphatic hydroxyl groups excluding tert-OH is 3. The van der Waals surface area contributed by atoms with Crippen molar-refractivity contribution in [3.63, 3.8) is 0 Å². The Morgan fingerprint density at radius 3 is 2.19 bits per heavy atom. The highest BCUT2D eigenvalue weighted by molar-refractivity contribution is 7.86. The molecule has 0 saturated carbocycles. The van der Waals surface area contributed by atoms with Gasteiger partial charge in [0.2, 0.25) is 17.3 Å². The van der Waals surface area contributed by atoms with Crippen molar-refractivity contribution in [2.45, 2.75) is 29.5 Å². The van der Waals surface area contributed by atoms with Crippen LogP contribution in [0.15, 0.2) is 0 Å². The summed E-state index contributed by atoms with van der Waals surface area (Å²) < 4.78 is 34.1. The van der Waals surface area contributed by atoms with Crippen LogP contribution in [-0.4, -0.2) is 62.9 Å². The molecule has 5 atom stereocenters. The lowest BCUT2D eigenvalue weighted by atomic mass is 9.91. The summed E-state index contributed by atoms with van der Waals surface area (Å²) in [5, 5.41) is 45.4. The van der Waals surface area contributed by atoms with Crippen molar-refractivity contribution in [3.8, 4) is 6.07 Å². The SMILES string of the molecule is N#C[C@]1(O)[C@H](O)OC(S(=O)(=O)O)[C@@H](O)[C@@H]1O. The molecule has 0 aromatic heterocycles. The zero-order valence-electron chi connectivity index (χ0n) is 7.63. The summed E-state index contributed by atoms with van der Waals surface area (Å²) in [6.45, 7) is 0. The zero-order valence-corrected chi connectivity index (χ0v) is 8.44. The second-order valence-corrected chi connectivity index (χ2v) is 4.74. The molecule has 1 heterocycles. The number of hydrogen-bond donors (Lipinski definition) is 5. The van der Waals surface area contributed by atoms with E-state index in [-0.39, 0.29) is 0 Å². The zero-order chi connectivity index (χ0) is 12.7. The number of rotatable bonds is 1. The molecule has 0 bridgehead atoms. The average molecular weight is 255 g/mol. The van der Waals surface area contributed by atoms with Gasteiger partial charge in [-0.1, -0.05) is 0 Å². The number of nitriles is 1. The third kappa shape index (κ3) is 1.89. The number of ether oxygens (including phenoxy) is 1. The van der Waals surface area contributed by atoms with Gasteiger partial charge in [-0.25, -0.2) is 0 Å². The molecule has 0 spiro atoms. The molecular formula is C6H9NO8S. The first-order chi connectivity index (χ1) is 7.14. The van der Waals surface area contributed by atoms with Gasteiger partial charge in [-0.3, -0.25) is 4.55 Å². The Morgan fingerprint density at radius 2 is 1.81 bits per heavy atom. The Hall–Kier alpha value is -0.800. The van der Waals surface area contributed by atoms with Gasteiger partial charge in [0.15, 0.2) is 0 Å². The second kappa shape index (κ2) is 3.90. The van der Waals surface area contributed by atoms with Gasteiger partial charge in [-0.05, 0) is 0 Å². The Bertz CT molecular complexity index is 415. The van der Waals surface area contributed by atoms with Crippen molar-refractivity contribution in [1.82, 2.24) is 0 Å². The predicted octanol–water partition coefficient (Wildman–Crippen LogP) is -3.47. The summed E-state index contributed by atoms with van der Waals surface area (Å²) in [7, 11) is -4.91. The van der Waals surface area contributed by atoms with E-state index in [0.717, 1.165) is 6.07 Å². The summed E-state index contributed by atoms with van der Waals surface area (Å²) in [4.78, 5) is 0. The first-order valence-corrected chi connectivity index (χ1v) is 5.44. The minimum absolute atomic E-state index is 1.08. The molecule has 1 unspecified atom stereocenters. The van der Waals surface area contributed by atoms with E-state index >= 15 is 0 Å². The van der Waals surface area contributed by atoms with Crippen molar-refractivity contribution < 1.29 is 38.1 Å². The summed E-state index contributed by atoms with van der Waals surface area (Å²) in [5.74, 6) is 0. The van der Waals surface area contributed by atoms with E-state index in [9.17, 15) is 23.7 Å². The van der Waals surface area contributed by atoms with Crippen LogP contribution in [0.2, 0.25) is 0 Å². The van der Waals surface area contributed by atoms with Gasteiger partial charge in [0.25, 0.3) is 10.1 Å². The third-order valence-electron chi connectivity index (χ3n) is 2.17. The Kier molecular flexibility index (Phi) is 3.23. The van der Waals surface area contributed by atoms with Gasteiger partial charge in [0, 0.05) is 0 Å². The molecule has 92 valence electrons. The molecule has 10 heteroatoms. The number of hydrogen-bond acceptors (Lipinski definition) is 8. The van der Waals surface area contributed by atoms with Crippen molar-refractivity contribution in [3.05, 3.63) is 0 Å². The van der Waals surface area contributed by atoms with Gasteiger partial charge in [0.05, 0.1) is 0 Å². The van der Waals surface area contributed by atoms with Crippen LogP contribution in [0, 0.1) is 11.3 Å². The molecular weight excluding hydrogens is 246 g/mol. The number of aliphatic hydroxyl groups is 4. The lowest BCUT2D eigenvalue weighted by Gasteiger charge is -2.41. The number of nitrogens with zero attached hydrogens (tertiary/aromatic N) is 1. The lowest BCUT2D eigenvalue weighted by Crippen LogP contribution is -2.66. The van der Waals surface area contributed by atoms with E-state index in [1.54, 1.807) is 0 Å². The fourth-order valence-corrected chi connectivity index (χ4v) is 1.98. The van der Waals surface area contributed by atoms with E-state index in [1.165, 1.54) is 0 Å². The summed E-state index contributed by atoms with van der Waals surface area (Å²) >= 11 is 0. The minimum Gasteiger partial charge on any atom is -0.386 e. The maximum absolute atomic E-state index is 10.7. The summed E-state index contributed by atoms with van der Waals surface area (Å²) in [6, 6.07) is 1.08. The van der Waals surface area contributed by atoms with Crippen LogP contribution in [0.1, 0.15) is 0 Å².